The average molecular weight is 758 g/mol. The fourth-order valence-electron chi connectivity index (χ4n) is 9.20. The third-order valence-corrected chi connectivity index (χ3v) is 15.6. The van der Waals surface area contributed by atoms with Gasteiger partial charge in [0.2, 0.25) is 0 Å². The van der Waals surface area contributed by atoms with Crippen molar-refractivity contribution in [2.24, 2.45) is 0 Å². The zero-order valence-electron chi connectivity index (χ0n) is 31.9. The molecule has 0 N–H and O–H groups in total. The van der Waals surface area contributed by atoms with Gasteiger partial charge in [-0.15, -0.1) is 10.0 Å². The predicted octanol–water partition coefficient (Wildman–Crippen LogP) is 16.1. The molecule has 58 heavy (non-hydrogen) atoms. The molecule has 1 heterocycles. The van der Waals surface area contributed by atoms with Crippen molar-refractivity contribution < 1.29 is 0 Å². The van der Waals surface area contributed by atoms with Gasteiger partial charge in [0.1, 0.15) is 0 Å². The van der Waals surface area contributed by atoms with Crippen LogP contribution in [0.3, 0.4) is 0 Å². The molecular weight excluding hydrogens is 719 g/mol. The number of nitrogens with zero attached hydrogens (tertiary/aromatic N) is 1. The quantitative estimate of drug-likeness (QED) is 0.156. The summed E-state index contributed by atoms with van der Waals surface area (Å²) in [5, 5.41) is 4.96. The molecule has 0 amide bonds. The molecule has 2 heteroatoms. The molecule has 0 radical (unpaired) electrons. The molecule has 0 spiro atoms. The summed E-state index contributed by atoms with van der Waals surface area (Å²) in [7, 11) is -1.87. The van der Waals surface area contributed by atoms with Crippen LogP contribution >= 0.6 is 10.0 Å². The highest BCUT2D eigenvalue weighted by Gasteiger charge is 2.44. The lowest BCUT2D eigenvalue weighted by molar-refractivity contribution is 1.27. The van der Waals surface area contributed by atoms with Gasteiger partial charge in [0, 0.05) is 41.9 Å². The van der Waals surface area contributed by atoms with Crippen molar-refractivity contribution in [2.75, 3.05) is 4.90 Å². The van der Waals surface area contributed by atoms with Gasteiger partial charge in [0.25, 0.3) is 0 Å². The number of benzene rings is 10. The highest BCUT2D eigenvalue weighted by molar-refractivity contribution is 8.34. The van der Waals surface area contributed by atoms with Crippen molar-refractivity contribution in [2.45, 2.75) is 19.6 Å². The lowest BCUT2D eigenvalue weighted by atomic mass is 9.91. The van der Waals surface area contributed by atoms with Crippen LogP contribution in [0.5, 0.6) is 0 Å². The van der Waals surface area contributed by atoms with E-state index < -0.39 is 10.0 Å². The first kappa shape index (κ1) is 34.1. The Hall–Kier alpha value is -7.13. The van der Waals surface area contributed by atoms with Crippen LogP contribution in [0.2, 0.25) is 0 Å². The standard InChI is InChI=1S/C56H39NS/c1-5-19-40(20-6-1)48-32-17-22-42-23-18-33-49(54(42)48)41-35-37-45(38-36-41)57(44-24-7-2-8-25-44)56-50-30-14-13-21-43(50)39-53-55(56)51-31-15-16-34-52(51)58(53,46-26-9-3-10-27-46)47-28-11-4-12-29-47/h1-39H. The lowest BCUT2D eigenvalue weighted by Crippen LogP contribution is -2.12. The molecular formula is C56H39NS. The summed E-state index contributed by atoms with van der Waals surface area (Å²) in [6, 6.07) is 87.3. The molecule has 274 valence electrons. The summed E-state index contributed by atoms with van der Waals surface area (Å²) in [6.07, 6.45) is 0. The second-order valence-corrected chi connectivity index (χ2v) is 17.9. The summed E-state index contributed by atoms with van der Waals surface area (Å²) < 4.78 is 0. The highest BCUT2D eigenvalue weighted by atomic mass is 32.3. The minimum absolute atomic E-state index is 1.11. The van der Waals surface area contributed by atoms with Gasteiger partial charge >= 0.3 is 0 Å². The maximum absolute atomic E-state index is 2.51. The third kappa shape index (κ3) is 5.34. The molecule has 10 aromatic carbocycles. The van der Waals surface area contributed by atoms with E-state index in [1.807, 2.05) is 0 Å². The van der Waals surface area contributed by atoms with Gasteiger partial charge in [0.05, 0.1) is 5.69 Å². The first-order valence-electron chi connectivity index (χ1n) is 19.9. The van der Waals surface area contributed by atoms with Crippen molar-refractivity contribution in [3.63, 3.8) is 0 Å². The Balaban J connectivity index is 1.18. The summed E-state index contributed by atoms with van der Waals surface area (Å²) in [5.74, 6) is 0. The van der Waals surface area contributed by atoms with Crippen LogP contribution in [0.25, 0.3) is 54.9 Å². The van der Waals surface area contributed by atoms with E-state index in [9.17, 15) is 0 Å². The van der Waals surface area contributed by atoms with E-state index in [-0.39, 0.29) is 0 Å². The molecule has 1 aliphatic rings. The normalized spacial score (nSPS) is 13.2. The van der Waals surface area contributed by atoms with Gasteiger partial charge in [0.15, 0.2) is 0 Å². The maximum Gasteiger partial charge on any atom is 0.0629 e. The molecule has 1 nitrogen and oxygen atoms in total. The summed E-state index contributed by atoms with van der Waals surface area (Å²) in [4.78, 5) is 7.95. The molecule has 0 atom stereocenters. The summed E-state index contributed by atoms with van der Waals surface area (Å²) >= 11 is 0. The summed E-state index contributed by atoms with van der Waals surface area (Å²) in [5.41, 5.74) is 10.9. The topological polar surface area (TPSA) is 3.24 Å². The molecule has 1 aliphatic heterocycles. The van der Waals surface area contributed by atoms with Crippen LogP contribution in [-0.2, 0) is 0 Å². The van der Waals surface area contributed by atoms with Crippen LogP contribution in [0, 0.1) is 0 Å². The van der Waals surface area contributed by atoms with Crippen LogP contribution in [0.1, 0.15) is 0 Å². The van der Waals surface area contributed by atoms with Crippen LogP contribution in [0.15, 0.2) is 256 Å². The zero-order chi connectivity index (χ0) is 38.5. The fourth-order valence-corrected chi connectivity index (χ4v) is 13.5. The van der Waals surface area contributed by atoms with Gasteiger partial charge in [-0.25, -0.2) is 0 Å². The van der Waals surface area contributed by atoms with Gasteiger partial charge in [-0.2, -0.15) is 0 Å². The molecule has 0 fully saturated rings. The molecule has 0 saturated carbocycles. The van der Waals surface area contributed by atoms with Crippen LogP contribution < -0.4 is 4.90 Å². The molecule has 10 aromatic rings. The molecule has 0 aliphatic carbocycles. The minimum Gasteiger partial charge on any atom is -0.309 e. The first-order valence-corrected chi connectivity index (χ1v) is 21.6. The molecule has 0 bridgehead atoms. The van der Waals surface area contributed by atoms with E-state index in [0.717, 1.165) is 11.4 Å². The van der Waals surface area contributed by atoms with Crippen molar-refractivity contribution in [1.82, 2.24) is 0 Å². The molecule has 0 aromatic heterocycles. The monoisotopic (exact) mass is 757 g/mol. The van der Waals surface area contributed by atoms with E-state index in [1.54, 1.807) is 0 Å². The number of hydrogen-bond acceptors (Lipinski definition) is 1. The lowest BCUT2D eigenvalue weighted by Gasteiger charge is -2.39. The van der Waals surface area contributed by atoms with Crippen molar-refractivity contribution in [3.05, 3.63) is 237 Å². The minimum atomic E-state index is -1.87. The smallest absolute Gasteiger partial charge is 0.0629 e. The third-order valence-electron chi connectivity index (χ3n) is 11.7. The van der Waals surface area contributed by atoms with Crippen molar-refractivity contribution in [3.8, 4) is 33.4 Å². The van der Waals surface area contributed by atoms with E-state index in [0.29, 0.717) is 0 Å². The van der Waals surface area contributed by atoms with Crippen molar-refractivity contribution in [1.29, 1.82) is 0 Å². The van der Waals surface area contributed by atoms with E-state index in [4.69, 9.17) is 0 Å². The Morgan fingerprint density at radius 1 is 0.328 bits per heavy atom. The molecule has 0 unspecified atom stereocenters. The van der Waals surface area contributed by atoms with E-state index in [1.165, 1.54) is 80.2 Å². The van der Waals surface area contributed by atoms with E-state index >= 15 is 0 Å². The Morgan fingerprint density at radius 3 is 1.47 bits per heavy atom. The number of anilines is 3. The first-order chi connectivity index (χ1) is 28.8. The highest BCUT2D eigenvalue weighted by Crippen LogP contribution is 2.81. The van der Waals surface area contributed by atoms with E-state index in [2.05, 4.69) is 241 Å². The number of rotatable bonds is 7. The van der Waals surface area contributed by atoms with Gasteiger partial charge in [-0.1, -0.05) is 176 Å². The average Bonchev–Trinajstić information content (AvgIpc) is 3.60. The van der Waals surface area contributed by atoms with Crippen molar-refractivity contribution >= 4 is 48.6 Å². The fraction of sp³-hybridized carbons (Fsp3) is 0. The number of fused-ring (bicyclic) bond motifs is 5. The van der Waals surface area contributed by atoms with Crippen LogP contribution in [-0.4, -0.2) is 0 Å². The maximum atomic E-state index is 2.51. The Morgan fingerprint density at radius 2 is 0.810 bits per heavy atom. The molecule has 11 rings (SSSR count). The van der Waals surface area contributed by atoms with Gasteiger partial charge in [-0.05, 0) is 105 Å². The largest absolute Gasteiger partial charge is 0.309 e. The summed E-state index contributed by atoms with van der Waals surface area (Å²) in [6.45, 7) is 0. The number of hydrogen-bond donors (Lipinski definition) is 0. The Labute approximate surface area is 341 Å². The SMILES string of the molecule is c1ccc(-c2cccc3cccc(-c4ccc(N(c5ccccc5)c5c6c(cc7ccccc57)S(c5ccccc5)(c5ccccc5)c5ccccc5-6)cc4)c23)cc1. The van der Waals surface area contributed by atoms with Gasteiger partial charge < -0.3 is 4.90 Å². The van der Waals surface area contributed by atoms with Gasteiger partial charge in [-0.3, -0.25) is 0 Å². The number of para-hydroxylation sites is 1. The van der Waals surface area contributed by atoms with Crippen LogP contribution in [0.4, 0.5) is 17.1 Å². The second kappa shape index (κ2) is 14.1. The Kier molecular flexibility index (Phi) is 8.31. The Bertz CT molecular complexity index is 3040. The second-order valence-electron chi connectivity index (χ2n) is 14.8. The zero-order valence-corrected chi connectivity index (χ0v) is 32.7. The predicted molar refractivity (Wildman–Crippen MR) is 246 cm³/mol. The molecule has 0 saturated heterocycles.